The maximum atomic E-state index is 12.2. The molecule has 0 aliphatic carbocycles. The van der Waals surface area contributed by atoms with Crippen LogP contribution in [0, 0.1) is 0 Å². The van der Waals surface area contributed by atoms with Gasteiger partial charge in [-0.25, -0.2) is 0 Å². The van der Waals surface area contributed by atoms with E-state index >= 15 is 0 Å². The van der Waals surface area contributed by atoms with Gasteiger partial charge in [0.25, 0.3) is 0 Å². The fourth-order valence-electron chi connectivity index (χ4n) is 2.99. The molecule has 6 nitrogen and oxygen atoms in total. The van der Waals surface area contributed by atoms with Gasteiger partial charge < -0.3 is 20.1 Å². The number of nitrogens with zero attached hydrogens (tertiary/aromatic N) is 1. The maximum absolute atomic E-state index is 12.2. The molecule has 2 N–H and O–H groups in total. The minimum atomic E-state index is -0.0341. The molecule has 1 heterocycles. The summed E-state index contributed by atoms with van der Waals surface area (Å²) >= 11 is 0. The van der Waals surface area contributed by atoms with Crippen LogP contribution in [0.4, 0.5) is 11.4 Å². The lowest BCUT2D eigenvalue weighted by atomic mass is 10.1. The van der Waals surface area contributed by atoms with Gasteiger partial charge in [-0.05, 0) is 42.0 Å². The molecule has 1 aliphatic rings. The lowest BCUT2D eigenvalue weighted by molar-refractivity contribution is -0.115. The molecule has 3 rings (SSSR count). The normalized spacial score (nSPS) is 14.6. The highest BCUT2D eigenvalue weighted by Gasteiger charge is 2.09. The number of benzene rings is 2. The number of morpholine rings is 1. The minimum Gasteiger partial charge on any atom is -0.497 e. The molecule has 0 bridgehead atoms. The molecule has 6 heteroatoms. The monoisotopic (exact) mass is 369 g/mol. The van der Waals surface area contributed by atoms with Crippen LogP contribution in [0.2, 0.25) is 0 Å². The molecular weight excluding hydrogens is 342 g/mol. The Bertz CT molecular complexity index is 710. The average molecular weight is 369 g/mol. The highest BCUT2D eigenvalue weighted by Crippen LogP contribution is 2.15. The van der Waals surface area contributed by atoms with Crippen molar-refractivity contribution >= 4 is 17.3 Å². The van der Waals surface area contributed by atoms with E-state index in [0.717, 1.165) is 62.1 Å². The van der Waals surface area contributed by atoms with Crippen molar-refractivity contribution in [3.8, 4) is 5.75 Å². The summed E-state index contributed by atoms with van der Waals surface area (Å²) in [6, 6.07) is 15.3. The standard InChI is InChI=1S/C21H27N3O3/c1-26-20-8-2-17(3-9-20)16-21(25)23-19-6-4-18(5-7-19)22-10-11-24-12-14-27-15-13-24/h2-9,22H,10-16H2,1H3,(H,23,25). The van der Waals surface area contributed by atoms with Crippen LogP contribution in [-0.2, 0) is 16.0 Å². The van der Waals surface area contributed by atoms with Crippen LogP contribution in [0.3, 0.4) is 0 Å². The Morgan fingerprint density at radius 1 is 1.04 bits per heavy atom. The first-order valence-electron chi connectivity index (χ1n) is 9.30. The molecule has 1 aliphatic heterocycles. The van der Waals surface area contributed by atoms with Gasteiger partial charge in [0.15, 0.2) is 0 Å². The molecule has 0 radical (unpaired) electrons. The lowest BCUT2D eigenvalue weighted by Crippen LogP contribution is -2.38. The Hall–Kier alpha value is -2.57. The van der Waals surface area contributed by atoms with Crippen LogP contribution in [-0.4, -0.2) is 57.3 Å². The predicted molar refractivity (Wildman–Crippen MR) is 108 cm³/mol. The summed E-state index contributed by atoms with van der Waals surface area (Å²) in [6.07, 6.45) is 0.337. The summed E-state index contributed by atoms with van der Waals surface area (Å²) in [5, 5.41) is 6.35. The van der Waals surface area contributed by atoms with Crippen molar-refractivity contribution in [2.45, 2.75) is 6.42 Å². The van der Waals surface area contributed by atoms with Gasteiger partial charge in [-0.1, -0.05) is 12.1 Å². The van der Waals surface area contributed by atoms with Crippen LogP contribution >= 0.6 is 0 Å². The lowest BCUT2D eigenvalue weighted by Gasteiger charge is -2.26. The summed E-state index contributed by atoms with van der Waals surface area (Å²) in [7, 11) is 1.63. The Kier molecular flexibility index (Phi) is 7.07. The number of ether oxygens (including phenoxy) is 2. The number of methoxy groups -OCH3 is 1. The summed E-state index contributed by atoms with van der Waals surface area (Å²) in [5.41, 5.74) is 2.80. The molecular formula is C21H27N3O3. The van der Waals surface area contributed by atoms with Gasteiger partial charge in [0.2, 0.25) is 5.91 Å². The van der Waals surface area contributed by atoms with E-state index in [0.29, 0.717) is 6.42 Å². The summed E-state index contributed by atoms with van der Waals surface area (Å²) < 4.78 is 10.5. The van der Waals surface area contributed by atoms with Crippen molar-refractivity contribution < 1.29 is 14.3 Å². The number of nitrogens with one attached hydrogen (secondary N) is 2. The van der Waals surface area contributed by atoms with Gasteiger partial charge in [0.1, 0.15) is 5.75 Å². The summed E-state index contributed by atoms with van der Waals surface area (Å²) in [5.74, 6) is 0.754. The number of carbonyl (C=O) groups is 1. The van der Waals surface area contributed by atoms with E-state index in [-0.39, 0.29) is 5.91 Å². The zero-order valence-electron chi connectivity index (χ0n) is 15.7. The Labute approximate surface area is 160 Å². The molecule has 0 spiro atoms. The number of hydrogen-bond acceptors (Lipinski definition) is 5. The summed E-state index contributed by atoms with van der Waals surface area (Å²) in [4.78, 5) is 14.6. The first-order valence-corrected chi connectivity index (χ1v) is 9.30. The van der Waals surface area contributed by atoms with E-state index in [1.807, 2.05) is 48.5 Å². The van der Waals surface area contributed by atoms with Crippen LogP contribution in [0.5, 0.6) is 5.75 Å². The second kappa shape index (κ2) is 9.94. The molecule has 0 saturated carbocycles. The predicted octanol–water partition coefficient (Wildman–Crippen LogP) is 2.62. The number of anilines is 2. The highest BCUT2D eigenvalue weighted by molar-refractivity contribution is 5.92. The van der Waals surface area contributed by atoms with Crippen molar-refractivity contribution in [3.63, 3.8) is 0 Å². The quantitative estimate of drug-likeness (QED) is 0.749. The second-order valence-corrected chi connectivity index (χ2v) is 6.53. The van der Waals surface area contributed by atoms with E-state index in [2.05, 4.69) is 15.5 Å². The molecule has 1 fully saturated rings. The molecule has 0 aromatic heterocycles. The Morgan fingerprint density at radius 3 is 2.37 bits per heavy atom. The van der Waals surface area contributed by atoms with E-state index in [4.69, 9.17) is 9.47 Å². The van der Waals surface area contributed by atoms with Gasteiger partial charge in [0, 0.05) is 37.6 Å². The number of rotatable bonds is 8. The van der Waals surface area contributed by atoms with Crippen LogP contribution in [0.1, 0.15) is 5.56 Å². The van der Waals surface area contributed by atoms with Crippen molar-refractivity contribution in [1.82, 2.24) is 4.90 Å². The summed E-state index contributed by atoms with van der Waals surface area (Å²) in [6.45, 7) is 5.55. The minimum absolute atomic E-state index is 0.0341. The van der Waals surface area contributed by atoms with Crippen molar-refractivity contribution in [1.29, 1.82) is 0 Å². The largest absolute Gasteiger partial charge is 0.497 e. The van der Waals surface area contributed by atoms with Crippen LogP contribution < -0.4 is 15.4 Å². The molecule has 0 atom stereocenters. The topological polar surface area (TPSA) is 62.8 Å². The SMILES string of the molecule is COc1ccc(CC(=O)Nc2ccc(NCCN3CCOCC3)cc2)cc1. The third-order valence-corrected chi connectivity index (χ3v) is 4.55. The van der Waals surface area contributed by atoms with E-state index in [1.165, 1.54) is 0 Å². The van der Waals surface area contributed by atoms with Gasteiger partial charge in [0.05, 0.1) is 26.7 Å². The zero-order valence-corrected chi connectivity index (χ0v) is 15.7. The smallest absolute Gasteiger partial charge is 0.228 e. The molecule has 27 heavy (non-hydrogen) atoms. The molecule has 144 valence electrons. The molecule has 1 amide bonds. The van der Waals surface area contributed by atoms with E-state index < -0.39 is 0 Å². The first kappa shape index (κ1) is 19.2. The maximum Gasteiger partial charge on any atom is 0.228 e. The number of amides is 1. The highest BCUT2D eigenvalue weighted by atomic mass is 16.5. The Morgan fingerprint density at radius 2 is 1.70 bits per heavy atom. The average Bonchev–Trinajstić information content (AvgIpc) is 2.71. The number of carbonyl (C=O) groups excluding carboxylic acids is 1. The molecule has 2 aromatic carbocycles. The van der Waals surface area contributed by atoms with E-state index in [9.17, 15) is 4.79 Å². The second-order valence-electron chi connectivity index (χ2n) is 6.53. The first-order chi connectivity index (χ1) is 13.2. The van der Waals surface area contributed by atoms with E-state index in [1.54, 1.807) is 7.11 Å². The third kappa shape index (κ3) is 6.27. The Balaban J connectivity index is 1.41. The fraction of sp³-hybridized carbons (Fsp3) is 0.381. The third-order valence-electron chi connectivity index (χ3n) is 4.55. The van der Waals surface area contributed by atoms with Crippen molar-refractivity contribution in [3.05, 3.63) is 54.1 Å². The van der Waals surface area contributed by atoms with Gasteiger partial charge in [-0.3, -0.25) is 9.69 Å². The van der Waals surface area contributed by atoms with Crippen molar-refractivity contribution in [2.75, 3.05) is 57.1 Å². The van der Waals surface area contributed by atoms with Gasteiger partial charge in [-0.15, -0.1) is 0 Å². The zero-order chi connectivity index (χ0) is 18.9. The van der Waals surface area contributed by atoms with Gasteiger partial charge >= 0.3 is 0 Å². The van der Waals surface area contributed by atoms with Crippen LogP contribution in [0.25, 0.3) is 0 Å². The fourth-order valence-corrected chi connectivity index (χ4v) is 2.99. The van der Waals surface area contributed by atoms with Crippen molar-refractivity contribution in [2.24, 2.45) is 0 Å². The molecule has 1 saturated heterocycles. The molecule has 0 unspecified atom stereocenters. The van der Waals surface area contributed by atoms with Crippen LogP contribution in [0.15, 0.2) is 48.5 Å². The van der Waals surface area contributed by atoms with Gasteiger partial charge in [-0.2, -0.15) is 0 Å². The number of hydrogen-bond donors (Lipinski definition) is 2. The molecule has 2 aromatic rings.